The fraction of sp³-hybridized carbons (Fsp3) is 0.914. The number of hydrogen-bond acceptors (Lipinski definition) is 12. The molecule has 12 heteroatoms. The maximum Gasteiger partial charge on any atom is 0.330 e. The second kappa shape index (κ2) is 42.8. The van der Waals surface area contributed by atoms with Crippen molar-refractivity contribution >= 4 is 5.97 Å². The highest BCUT2D eigenvalue weighted by atomic mass is 16.6. The van der Waals surface area contributed by atoms with Crippen LogP contribution in [-0.2, 0) is 56.9 Å². The maximum atomic E-state index is 10.8. The summed E-state index contributed by atoms with van der Waals surface area (Å²) in [6.07, 6.45) is 14.5. The number of unbranched alkanes of at least 4 members (excludes halogenated alkanes) is 9. The van der Waals surface area contributed by atoms with E-state index in [0.29, 0.717) is 126 Å². The SMILES string of the molecule is C=CC(=O)OCCOCCOCCOCCOCCOCCOCCOCCOCCOCCOCCCCCCCCCCCC. The Hall–Kier alpha value is -1.19. The van der Waals surface area contributed by atoms with Crippen molar-refractivity contribution < 1.29 is 56.9 Å². The normalized spacial score (nSPS) is 11.3. The van der Waals surface area contributed by atoms with Crippen molar-refractivity contribution in [2.24, 2.45) is 0 Å². The summed E-state index contributed by atoms with van der Waals surface area (Å²) >= 11 is 0. The molecule has 0 unspecified atom stereocenters. The first kappa shape index (κ1) is 45.8. The molecule has 0 rings (SSSR count). The Labute approximate surface area is 285 Å². The van der Waals surface area contributed by atoms with Crippen molar-refractivity contribution in [1.82, 2.24) is 0 Å². The summed E-state index contributed by atoms with van der Waals surface area (Å²) in [7, 11) is 0. The molecule has 0 radical (unpaired) electrons. The first-order chi connectivity index (χ1) is 23.3. The lowest BCUT2D eigenvalue weighted by Gasteiger charge is -2.09. The second-order valence-corrected chi connectivity index (χ2v) is 10.7. The molecule has 0 saturated carbocycles. The summed E-state index contributed by atoms with van der Waals surface area (Å²) < 4.78 is 59.5. The Morgan fingerprint density at radius 1 is 0.362 bits per heavy atom. The summed E-state index contributed by atoms with van der Waals surface area (Å²) in [5, 5.41) is 0. The van der Waals surface area contributed by atoms with E-state index >= 15 is 0 Å². The van der Waals surface area contributed by atoms with Gasteiger partial charge in [0.2, 0.25) is 0 Å². The summed E-state index contributed by atoms with van der Waals surface area (Å²) in [4.78, 5) is 10.8. The van der Waals surface area contributed by atoms with Crippen LogP contribution in [0.3, 0.4) is 0 Å². The Kier molecular flexibility index (Phi) is 41.7. The molecule has 280 valence electrons. The zero-order valence-electron chi connectivity index (χ0n) is 29.6. The van der Waals surface area contributed by atoms with Gasteiger partial charge in [-0.2, -0.15) is 0 Å². The van der Waals surface area contributed by atoms with E-state index in [1.54, 1.807) is 0 Å². The van der Waals surface area contributed by atoms with Crippen molar-refractivity contribution in [2.45, 2.75) is 71.1 Å². The first-order valence-electron chi connectivity index (χ1n) is 17.9. The molecule has 0 bridgehead atoms. The van der Waals surface area contributed by atoms with Gasteiger partial charge in [0, 0.05) is 12.7 Å². The standard InChI is InChI=1S/C35H68O12/c1-3-5-6-7-8-9-10-11-12-13-14-37-15-16-38-17-18-39-19-20-40-21-22-41-23-24-42-25-26-43-27-28-44-29-30-45-31-32-46-33-34-47-35(36)4-2/h4H,2-3,5-34H2,1H3. The highest BCUT2D eigenvalue weighted by Gasteiger charge is 1.98. The van der Waals surface area contributed by atoms with Crippen molar-refractivity contribution in [2.75, 3.05) is 139 Å². The van der Waals surface area contributed by atoms with Gasteiger partial charge in [-0.25, -0.2) is 4.79 Å². The van der Waals surface area contributed by atoms with Crippen LogP contribution in [0.5, 0.6) is 0 Å². The Balaban J connectivity index is 3.05. The van der Waals surface area contributed by atoms with Crippen LogP contribution in [0.4, 0.5) is 0 Å². The smallest absolute Gasteiger partial charge is 0.330 e. The van der Waals surface area contributed by atoms with Crippen LogP contribution < -0.4 is 0 Å². The van der Waals surface area contributed by atoms with Gasteiger partial charge in [0.1, 0.15) is 6.61 Å². The molecule has 0 spiro atoms. The highest BCUT2D eigenvalue weighted by molar-refractivity contribution is 5.81. The van der Waals surface area contributed by atoms with Gasteiger partial charge in [0.25, 0.3) is 0 Å². The van der Waals surface area contributed by atoms with Gasteiger partial charge in [-0.3, -0.25) is 0 Å². The molecule has 0 aliphatic rings. The van der Waals surface area contributed by atoms with Crippen LogP contribution in [-0.4, -0.2) is 145 Å². The third kappa shape index (κ3) is 42.8. The third-order valence-electron chi connectivity index (χ3n) is 6.63. The molecule has 0 N–H and O–H groups in total. The molecule has 0 aromatic rings. The Morgan fingerprint density at radius 2 is 0.596 bits per heavy atom. The molecule has 0 saturated heterocycles. The Morgan fingerprint density at radius 3 is 0.872 bits per heavy atom. The van der Waals surface area contributed by atoms with Gasteiger partial charge in [0.05, 0.1) is 126 Å². The number of carbonyl (C=O) groups excluding carboxylic acids is 1. The van der Waals surface area contributed by atoms with Gasteiger partial charge in [-0.05, 0) is 6.42 Å². The molecule has 0 aliphatic heterocycles. The van der Waals surface area contributed by atoms with Crippen LogP contribution >= 0.6 is 0 Å². The summed E-state index contributed by atoms with van der Waals surface area (Å²) in [6, 6.07) is 0. The molecular formula is C35H68O12. The second-order valence-electron chi connectivity index (χ2n) is 10.7. The fourth-order valence-electron chi connectivity index (χ4n) is 4.03. The quantitative estimate of drug-likeness (QED) is 0.0501. The molecule has 47 heavy (non-hydrogen) atoms. The topological polar surface area (TPSA) is 119 Å². The minimum atomic E-state index is -0.456. The molecule has 12 nitrogen and oxygen atoms in total. The lowest BCUT2D eigenvalue weighted by atomic mass is 10.1. The van der Waals surface area contributed by atoms with Crippen molar-refractivity contribution in [3.63, 3.8) is 0 Å². The summed E-state index contributed by atoms with van der Waals surface area (Å²) in [6.45, 7) is 16.3. The lowest BCUT2D eigenvalue weighted by Crippen LogP contribution is -2.15. The average Bonchev–Trinajstić information content (AvgIpc) is 3.08. The molecule has 0 heterocycles. The highest BCUT2D eigenvalue weighted by Crippen LogP contribution is 2.10. The van der Waals surface area contributed by atoms with E-state index in [0.717, 1.165) is 19.1 Å². The van der Waals surface area contributed by atoms with E-state index in [1.807, 2.05) is 0 Å². The molecule has 0 amide bonds. The average molecular weight is 681 g/mol. The predicted octanol–water partition coefficient (Wildman–Crippen LogP) is 4.80. The largest absolute Gasteiger partial charge is 0.460 e. The number of ether oxygens (including phenoxy) is 11. The van der Waals surface area contributed by atoms with Gasteiger partial charge >= 0.3 is 5.97 Å². The number of rotatable bonds is 42. The van der Waals surface area contributed by atoms with E-state index in [9.17, 15) is 4.79 Å². The van der Waals surface area contributed by atoms with Crippen molar-refractivity contribution in [3.05, 3.63) is 12.7 Å². The zero-order valence-corrected chi connectivity index (χ0v) is 29.6. The molecular weight excluding hydrogens is 612 g/mol. The van der Waals surface area contributed by atoms with Crippen LogP contribution in [0.25, 0.3) is 0 Å². The van der Waals surface area contributed by atoms with Crippen molar-refractivity contribution in [3.8, 4) is 0 Å². The lowest BCUT2D eigenvalue weighted by molar-refractivity contribution is -0.139. The van der Waals surface area contributed by atoms with Crippen molar-refractivity contribution in [1.29, 1.82) is 0 Å². The maximum absolute atomic E-state index is 10.8. The van der Waals surface area contributed by atoms with E-state index < -0.39 is 5.97 Å². The minimum absolute atomic E-state index is 0.202. The molecule has 0 atom stereocenters. The minimum Gasteiger partial charge on any atom is -0.460 e. The van der Waals surface area contributed by atoms with Crippen LogP contribution in [0.1, 0.15) is 71.1 Å². The van der Waals surface area contributed by atoms with E-state index in [1.165, 1.54) is 57.8 Å². The van der Waals surface area contributed by atoms with Gasteiger partial charge in [-0.1, -0.05) is 71.3 Å². The number of esters is 1. The van der Waals surface area contributed by atoms with Gasteiger partial charge in [0.15, 0.2) is 0 Å². The molecule has 0 aliphatic carbocycles. The monoisotopic (exact) mass is 680 g/mol. The van der Waals surface area contributed by atoms with Crippen LogP contribution in [0.15, 0.2) is 12.7 Å². The van der Waals surface area contributed by atoms with E-state index in [4.69, 9.17) is 52.1 Å². The third-order valence-corrected chi connectivity index (χ3v) is 6.63. The van der Waals surface area contributed by atoms with Crippen LogP contribution in [0.2, 0.25) is 0 Å². The van der Waals surface area contributed by atoms with Gasteiger partial charge in [-0.15, -0.1) is 0 Å². The van der Waals surface area contributed by atoms with Gasteiger partial charge < -0.3 is 52.1 Å². The summed E-state index contributed by atoms with van der Waals surface area (Å²) in [5.74, 6) is -0.456. The Bertz CT molecular complexity index is 611. The fourth-order valence-corrected chi connectivity index (χ4v) is 4.03. The summed E-state index contributed by atoms with van der Waals surface area (Å²) in [5.41, 5.74) is 0. The molecule has 0 aromatic heterocycles. The van der Waals surface area contributed by atoms with Crippen LogP contribution in [0, 0.1) is 0 Å². The molecule has 0 fully saturated rings. The van der Waals surface area contributed by atoms with E-state index in [2.05, 4.69) is 13.5 Å². The zero-order chi connectivity index (χ0) is 34.0. The van der Waals surface area contributed by atoms with E-state index in [-0.39, 0.29) is 6.61 Å². The number of carbonyl (C=O) groups is 1. The predicted molar refractivity (Wildman–Crippen MR) is 181 cm³/mol. The first-order valence-corrected chi connectivity index (χ1v) is 17.9. The number of hydrogen-bond donors (Lipinski definition) is 0. The molecule has 0 aromatic carbocycles.